The predicted octanol–water partition coefficient (Wildman–Crippen LogP) is 5.14. The van der Waals surface area contributed by atoms with E-state index in [2.05, 4.69) is 5.16 Å². The van der Waals surface area contributed by atoms with Crippen LogP contribution in [0.3, 0.4) is 0 Å². The van der Waals surface area contributed by atoms with Gasteiger partial charge in [-0.15, -0.1) is 0 Å². The van der Waals surface area contributed by atoms with Gasteiger partial charge in [0.2, 0.25) is 0 Å². The van der Waals surface area contributed by atoms with Crippen molar-refractivity contribution >= 4 is 29.3 Å². The van der Waals surface area contributed by atoms with E-state index < -0.39 is 0 Å². The van der Waals surface area contributed by atoms with Gasteiger partial charge < -0.3 is 9.26 Å². The molecule has 20 heavy (non-hydrogen) atoms. The summed E-state index contributed by atoms with van der Waals surface area (Å²) in [6, 6.07) is 5.39. The van der Waals surface area contributed by atoms with Gasteiger partial charge in [-0.1, -0.05) is 34.4 Å². The summed E-state index contributed by atoms with van der Waals surface area (Å²) in [6.45, 7) is 0. The van der Waals surface area contributed by atoms with E-state index in [0.717, 1.165) is 24.2 Å². The zero-order valence-corrected chi connectivity index (χ0v) is 12.4. The summed E-state index contributed by atoms with van der Waals surface area (Å²) in [5.74, 6) is 1.32. The Labute approximate surface area is 127 Å². The van der Waals surface area contributed by atoms with E-state index in [4.69, 9.17) is 32.5 Å². The first-order valence-electron chi connectivity index (χ1n) is 6.35. The molecular weight excluding hydrogens is 297 g/mol. The number of halogens is 2. The number of hydrogen-bond donors (Lipinski definition) is 0. The molecule has 0 aliphatic heterocycles. The lowest BCUT2D eigenvalue weighted by Crippen LogP contribution is -1.87. The first-order chi connectivity index (χ1) is 9.72. The lowest BCUT2D eigenvalue weighted by Gasteiger charge is -2.04. The third-order valence-corrected chi connectivity index (χ3v) is 3.90. The lowest BCUT2D eigenvalue weighted by atomic mass is 10.0. The molecule has 0 atom stereocenters. The maximum Gasteiger partial charge on any atom is 0.147 e. The maximum atomic E-state index is 6.25. The minimum absolute atomic E-state index is 0.439. The number of rotatable bonds is 4. The van der Waals surface area contributed by atoms with Crippen molar-refractivity contribution in [1.82, 2.24) is 5.16 Å². The van der Waals surface area contributed by atoms with Crippen molar-refractivity contribution in [1.29, 1.82) is 0 Å². The Kier molecular flexibility index (Phi) is 3.72. The van der Waals surface area contributed by atoms with Gasteiger partial charge in [-0.05, 0) is 31.1 Å². The first-order valence-corrected chi connectivity index (χ1v) is 7.11. The Morgan fingerprint density at radius 2 is 2.00 bits per heavy atom. The Balaban J connectivity index is 2.16. The third kappa shape index (κ3) is 2.43. The molecule has 3 nitrogen and oxygen atoms in total. The van der Waals surface area contributed by atoms with Crippen molar-refractivity contribution in [2.75, 3.05) is 7.11 Å². The third-order valence-electron chi connectivity index (χ3n) is 3.27. The monoisotopic (exact) mass is 309 g/mol. The Bertz CT molecular complexity index is 640. The number of nitrogens with zero attached hydrogens (tertiary/aromatic N) is 1. The second-order valence-corrected chi connectivity index (χ2v) is 5.53. The van der Waals surface area contributed by atoms with Gasteiger partial charge >= 0.3 is 0 Å². The normalized spacial score (nSPS) is 14.9. The fourth-order valence-corrected chi connectivity index (χ4v) is 2.73. The van der Waals surface area contributed by atoms with Gasteiger partial charge in [-0.3, -0.25) is 0 Å². The second-order valence-electron chi connectivity index (χ2n) is 4.72. The highest BCUT2D eigenvalue weighted by molar-refractivity contribution is 6.39. The maximum absolute atomic E-state index is 6.25. The summed E-state index contributed by atoms with van der Waals surface area (Å²) in [5, 5.41) is 5.28. The minimum atomic E-state index is 0.439. The second kappa shape index (κ2) is 5.51. The molecule has 0 spiro atoms. The van der Waals surface area contributed by atoms with Crippen LogP contribution in [0, 0.1) is 0 Å². The summed E-state index contributed by atoms with van der Waals surface area (Å²) < 4.78 is 10.5. The van der Waals surface area contributed by atoms with E-state index in [-0.39, 0.29) is 0 Å². The van der Waals surface area contributed by atoms with Gasteiger partial charge in [0.05, 0.1) is 23.4 Å². The molecule has 1 aliphatic rings. The lowest BCUT2D eigenvalue weighted by molar-refractivity contribution is 0.341. The van der Waals surface area contributed by atoms with Gasteiger partial charge in [0, 0.05) is 17.0 Å². The summed E-state index contributed by atoms with van der Waals surface area (Å²) >= 11 is 12.5. The standard InChI is InChI=1S/C15H13Cl2NO2/c1-19-8-7-10-14(18-20-15(10)9-5-6-9)13-11(16)3-2-4-12(13)17/h2-4,7-9H,5-6H2,1H3/b8-7+. The molecule has 0 saturated heterocycles. The quantitative estimate of drug-likeness (QED) is 0.733. The molecule has 0 bridgehead atoms. The average Bonchev–Trinajstić information content (AvgIpc) is 3.19. The number of aromatic nitrogens is 1. The highest BCUT2D eigenvalue weighted by Gasteiger charge is 2.32. The van der Waals surface area contributed by atoms with Crippen molar-refractivity contribution in [3.05, 3.63) is 45.8 Å². The fourth-order valence-electron chi connectivity index (χ4n) is 2.15. The molecular formula is C15H13Cl2NO2. The van der Waals surface area contributed by atoms with Gasteiger partial charge in [0.25, 0.3) is 0 Å². The summed E-state index contributed by atoms with van der Waals surface area (Å²) in [4.78, 5) is 0. The van der Waals surface area contributed by atoms with Crippen LogP contribution in [-0.2, 0) is 4.74 Å². The minimum Gasteiger partial charge on any atom is -0.504 e. The number of methoxy groups -OCH3 is 1. The van der Waals surface area contributed by atoms with Crippen LogP contribution in [0.5, 0.6) is 0 Å². The predicted molar refractivity (Wildman–Crippen MR) is 80.0 cm³/mol. The van der Waals surface area contributed by atoms with Crippen LogP contribution in [0.4, 0.5) is 0 Å². The molecule has 0 N–H and O–H groups in total. The smallest absolute Gasteiger partial charge is 0.147 e. The van der Waals surface area contributed by atoms with E-state index in [1.165, 1.54) is 0 Å². The van der Waals surface area contributed by atoms with Gasteiger partial charge in [0.15, 0.2) is 0 Å². The molecule has 0 amide bonds. The van der Waals surface area contributed by atoms with E-state index in [1.54, 1.807) is 31.6 Å². The molecule has 0 radical (unpaired) electrons. The Morgan fingerprint density at radius 3 is 2.60 bits per heavy atom. The molecule has 5 heteroatoms. The topological polar surface area (TPSA) is 35.3 Å². The molecule has 1 saturated carbocycles. The van der Waals surface area contributed by atoms with Crippen LogP contribution in [0.25, 0.3) is 17.3 Å². The van der Waals surface area contributed by atoms with Crippen LogP contribution < -0.4 is 0 Å². The average molecular weight is 310 g/mol. The zero-order chi connectivity index (χ0) is 14.1. The van der Waals surface area contributed by atoms with Crippen molar-refractivity contribution in [2.24, 2.45) is 0 Å². The van der Waals surface area contributed by atoms with Crippen molar-refractivity contribution in [2.45, 2.75) is 18.8 Å². The van der Waals surface area contributed by atoms with E-state index in [9.17, 15) is 0 Å². The largest absolute Gasteiger partial charge is 0.504 e. The number of hydrogen-bond acceptors (Lipinski definition) is 3. The van der Waals surface area contributed by atoms with Crippen molar-refractivity contribution in [3.63, 3.8) is 0 Å². The molecule has 1 aromatic heterocycles. The molecule has 3 rings (SSSR count). The molecule has 2 aromatic rings. The number of benzene rings is 1. The first kappa shape index (κ1) is 13.5. The van der Waals surface area contributed by atoms with E-state index >= 15 is 0 Å². The van der Waals surface area contributed by atoms with E-state index in [0.29, 0.717) is 27.2 Å². The summed E-state index contributed by atoms with van der Waals surface area (Å²) in [6.07, 6.45) is 5.70. The highest BCUT2D eigenvalue weighted by Crippen LogP contribution is 2.46. The van der Waals surface area contributed by atoms with Crippen LogP contribution in [0.2, 0.25) is 10.0 Å². The van der Waals surface area contributed by atoms with Crippen LogP contribution in [0.15, 0.2) is 29.0 Å². The zero-order valence-electron chi connectivity index (χ0n) is 10.9. The van der Waals surface area contributed by atoms with Crippen molar-refractivity contribution in [3.8, 4) is 11.3 Å². The molecule has 1 heterocycles. The molecule has 0 unspecified atom stereocenters. The van der Waals surface area contributed by atoms with Gasteiger partial charge in [-0.2, -0.15) is 0 Å². The molecule has 1 fully saturated rings. The Morgan fingerprint density at radius 1 is 1.30 bits per heavy atom. The fraction of sp³-hybridized carbons (Fsp3) is 0.267. The Hall–Kier alpha value is -1.45. The van der Waals surface area contributed by atoms with Gasteiger partial charge in [-0.25, -0.2) is 0 Å². The SMILES string of the molecule is CO/C=C/c1c(-c2c(Cl)cccc2Cl)noc1C1CC1. The summed E-state index contributed by atoms with van der Waals surface area (Å²) in [7, 11) is 1.60. The highest BCUT2D eigenvalue weighted by atomic mass is 35.5. The van der Waals surface area contributed by atoms with Crippen LogP contribution >= 0.6 is 23.2 Å². The number of ether oxygens (including phenoxy) is 1. The summed E-state index contributed by atoms with van der Waals surface area (Å²) in [5.41, 5.74) is 2.25. The van der Waals surface area contributed by atoms with Crippen LogP contribution in [0.1, 0.15) is 30.1 Å². The molecule has 104 valence electrons. The van der Waals surface area contributed by atoms with Crippen LogP contribution in [-0.4, -0.2) is 12.3 Å². The molecule has 1 aliphatic carbocycles. The van der Waals surface area contributed by atoms with E-state index in [1.807, 2.05) is 6.08 Å². The van der Waals surface area contributed by atoms with Crippen molar-refractivity contribution < 1.29 is 9.26 Å². The molecule has 1 aromatic carbocycles. The van der Waals surface area contributed by atoms with Gasteiger partial charge in [0.1, 0.15) is 11.5 Å².